The molecule has 3 aliphatic rings. The number of hydrogen-bond acceptors (Lipinski definition) is 3. The van der Waals surface area contributed by atoms with Crippen LogP contribution < -0.4 is 0 Å². The Morgan fingerprint density at radius 3 is 1.90 bits per heavy atom. The summed E-state index contributed by atoms with van der Waals surface area (Å²) in [7, 11) is 0. The summed E-state index contributed by atoms with van der Waals surface area (Å²) in [5.74, 6) is 1.03. The van der Waals surface area contributed by atoms with E-state index in [1.54, 1.807) is 0 Å². The Balaban J connectivity index is 1.13. The topological polar surface area (TPSA) is 24.7 Å². The van der Waals surface area contributed by atoms with Gasteiger partial charge in [0.25, 0.3) is 0 Å². The Hall–Kier alpha value is -5.90. The maximum atomic E-state index is 5.38. The fourth-order valence-corrected chi connectivity index (χ4v) is 9.41. The Morgan fingerprint density at radius 1 is 0.469 bits per heavy atom. The number of rotatable bonds is 4. The molecule has 2 aliphatic carbocycles. The van der Waals surface area contributed by atoms with E-state index in [9.17, 15) is 0 Å². The van der Waals surface area contributed by atoms with Crippen molar-refractivity contribution in [2.45, 2.75) is 6.42 Å². The predicted molar refractivity (Wildman–Crippen MR) is 208 cm³/mol. The van der Waals surface area contributed by atoms with Crippen LogP contribution in [0.25, 0.3) is 70.0 Å². The Morgan fingerprint density at radius 2 is 1.10 bits per heavy atom. The van der Waals surface area contributed by atoms with Crippen LogP contribution in [0.15, 0.2) is 167 Å². The molecule has 11 rings (SSSR count). The molecule has 49 heavy (non-hydrogen) atoms. The zero-order valence-electron chi connectivity index (χ0n) is 26.5. The first kappa shape index (κ1) is 27.1. The zero-order chi connectivity index (χ0) is 32.1. The van der Waals surface area contributed by atoms with Crippen molar-refractivity contribution in [3.05, 3.63) is 174 Å². The van der Waals surface area contributed by atoms with Crippen LogP contribution in [-0.2, 0) is 0 Å². The highest BCUT2D eigenvalue weighted by molar-refractivity contribution is 7.26. The fraction of sp³-hybridized carbons (Fsp3) is 0.0435. The largest absolute Gasteiger partial charge is 0.232 e. The summed E-state index contributed by atoms with van der Waals surface area (Å²) in [5.41, 5.74) is 14.7. The second-order valence-corrected chi connectivity index (χ2v) is 14.3. The predicted octanol–water partition coefficient (Wildman–Crippen LogP) is 12.2. The van der Waals surface area contributed by atoms with Crippen LogP contribution in [0, 0.1) is 5.92 Å². The first-order valence-electron chi connectivity index (χ1n) is 16.9. The molecule has 0 radical (unpaired) electrons. The second-order valence-electron chi connectivity index (χ2n) is 13.2. The number of aliphatic imine (C=N–C) groups is 2. The molecule has 2 nitrogen and oxygen atoms in total. The van der Waals surface area contributed by atoms with Gasteiger partial charge in [0.05, 0.1) is 11.4 Å². The van der Waals surface area contributed by atoms with Crippen LogP contribution in [0.1, 0.15) is 23.1 Å². The summed E-state index contributed by atoms with van der Waals surface area (Å²) in [6.07, 6.45) is 0.988. The van der Waals surface area contributed by atoms with E-state index in [4.69, 9.17) is 9.98 Å². The number of benzene rings is 7. The van der Waals surface area contributed by atoms with Crippen molar-refractivity contribution in [1.29, 1.82) is 0 Å². The minimum absolute atomic E-state index is 0.258. The normalized spacial score (nSPS) is 16.0. The van der Waals surface area contributed by atoms with Gasteiger partial charge in [-0.1, -0.05) is 133 Å². The van der Waals surface area contributed by atoms with E-state index < -0.39 is 0 Å². The van der Waals surface area contributed by atoms with Crippen LogP contribution in [0.2, 0.25) is 0 Å². The SMILES string of the molecule is c1ccc(C2=NC(c3ccccc3)=C3C[C@H]3C(c3cccc(-c4cc5cccc6c5c5c4sc4cccc(c45)-c4ccccc4-6)c3)=N2)cc1. The molecule has 0 unspecified atom stereocenters. The lowest BCUT2D eigenvalue weighted by Crippen LogP contribution is -2.08. The molecule has 3 heteroatoms. The van der Waals surface area contributed by atoms with E-state index in [2.05, 4.69) is 146 Å². The van der Waals surface area contributed by atoms with Crippen molar-refractivity contribution in [2.24, 2.45) is 15.9 Å². The molecule has 7 aromatic carbocycles. The van der Waals surface area contributed by atoms with Gasteiger partial charge in [0.1, 0.15) is 0 Å². The molecule has 228 valence electrons. The van der Waals surface area contributed by atoms with E-state index in [1.165, 1.54) is 69.9 Å². The molecular weight excluding hydrogens is 613 g/mol. The van der Waals surface area contributed by atoms with Gasteiger partial charge in [-0.2, -0.15) is 0 Å². The van der Waals surface area contributed by atoms with Gasteiger partial charge in [0.2, 0.25) is 0 Å². The van der Waals surface area contributed by atoms with Crippen LogP contribution >= 0.6 is 11.3 Å². The van der Waals surface area contributed by atoms with Crippen LogP contribution in [0.4, 0.5) is 0 Å². The summed E-state index contributed by atoms with van der Waals surface area (Å²) < 4.78 is 2.68. The second kappa shape index (κ2) is 10.3. The maximum absolute atomic E-state index is 5.38. The highest BCUT2D eigenvalue weighted by Crippen LogP contribution is 2.53. The highest BCUT2D eigenvalue weighted by atomic mass is 32.1. The third kappa shape index (κ3) is 4.06. The van der Waals surface area contributed by atoms with Gasteiger partial charge in [-0.3, -0.25) is 0 Å². The Kier molecular flexibility index (Phi) is 5.69. The summed E-state index contributed by atoms with van der Waals surface area (Å²) in [4.78, 5) is 10.6. The Bertz CT molecular complexity index is 2770. The molecule has 2 heterocycles. The molecular formula is C46H28N2S. The lowest BCUT2D eigenvalue weighted by molar-refractivity contribution is 1.22. The smallest absolute Gasteiger partial charge is 0.160 e. The molecule has 0 N–H and O–H groups in total. The summed E-state index contributed by atoms with van der Waals surface area (Å²) in [6.45, 7) is 0. The third-order valence-electron chi connectivity index (χ3n) is 10.4. The van der Waals surface area contributed by atoms with E-state index in [-0.39, 0.29) is 5.92 Å². The number of fused-ring (bicyclic) bond motifs is 4. The molecule has 1 fully saturated rings. The molecule has 1 aromatic heterocycles. The summed E-state index contributed by atoms with van der Waals surface area (Å²) in [6, 6.07) is 55.0. The van der Waals surface area contributed by atoms with E-state index in [1.807, 2.05) is 17.4 Å². The number of allylic oxidation sites excluding steroid dienone is 1. The quantitative estimate of drug-likeness (QED) is 0.183. The van der Waals surface area contributed by atoms with Crippen LogP contribution in [-0.4, -0.2) is 11.5 Å². The lowest BCUT2D eigenvalue weighted by Gasteiger charge is -2.13. The average Bonchev–Trinajstić information content (AvgIpc) is 3.89. The molecule has 0 spiro atoms. The zero-order valence-corrected chi connectivity index (χ0v) is 27.3. The summed E-state index contributed by atoms with van der Waals surface area (Å²) >= 11 is 1.92. The first-order chi connectivity index (χ1) is 24.3. The lowest BCUT2D eigenvalue weighted by atomic mass is 9.91. The van der Waals surface area contributed by atoms with Crippen molar-refractivity contribution in [1.82, 2.24) is 0 Å². The van der Waals surface area contributed by atoms with Crippen molar-refractivity contribution >= 4 is 59.5 Å². The molecule has 0 bridgehead atoms. The van der Waals surface area contributed by atoms with E-state index in [0.29, 0.717) is 0 Å². The van der Waals surface area contributed by atoms with E-state index >= 15 is 0 Å². The molecule has 8 aromatic rings. The standard InChI is InChI=1S/C46H28N2S/c1-3-12-27(13-4-1)43-37-26-38(37)44(48-46(47-43)28-14-5-2-6-15-28)31-18-9-16-29(24-31)36-25-30-17-10-21-34-32-19-7-8-20-33(32)35-22-11-23-39-41(35)42(40(30)34)45(36)49-39/h1-25,38H,26H2/t38-/m1/s1. The average molecular weight is 641 g/mol. The number of thiophene rings is 1. The Labute approximate surface area is 288 Å². The highest BCUT2D eigenvalue weighted by Gasteiger charge is 2.40. The molecule has 0 saturated heterocycles. The van der Waals surface area contributed by atoms with Gasteiger partial charge in [0.15, 0.2) is 5.84 Å². The monoisotopic (exact) mass is 640 g/mol. The van der Waals surface area contributed by atoms with Gasteiger partial charge in [-0.25, -0.2) is 9.98 Å². The molecule has 1 saturated carbocycles. The van der Waals surface area contributed by atoms with Crippen molar-refractivity contribution in [3.63, 3.8) is 0 Å². The minimum Gasteiger partial charge on any atom is -0.232 e. The molecule has 1 atom stereocenters. The fourth-order valence-electron chi connectivity index (χ4n) is 8.14. The number of hydrogen-bond donors (Lipinski definition) is 0. The van der Waals surface area contributed by atoms with Crippen molar-refractivity contribution in [3.8, 4) is 33.4 Å². The van der Waals surface area contributed by atoms with E-state index in [0.717, 1.165) is 40.4 Å². The minimum atomic E-state index is 0.258. The van der Waals surface area contributed by atoms with Crippen LogP contribution in [0.5, 0.6) is 0 Å². The first-order valence-corrected chi connectivity index (χ1v) is 17.7. The van der Waals surface area contributed by atoms with Gasteiger partial charge in [0, 0.05) is 42.8 Å². The molecule has 1 aliphatic heterocycles. The third-order valence-corrected chi connectivity index (χ3v) is 11.6. The number of amidine groups is 1. The van der Waals surface area contributed by atoms with Crippen molar-refractivity contribution in [2.75, 3.05) is 0 Å². The van der Waals surface area contributed by atoms with Gasteiger partial charge in [-0.15, -0.1) is 11.3 Å². The molecule has 0 amide bonds. The van der Waals surface area contributed by atoms with Gasteiger partial charge in [-0.05, 0) is 74.3 Å². The van der Waals surface area contributed by atoms with Crippen LogP contribution in [0.3, 0.4) is 0 Å². The van der Waals surface area contributed by atoms with Gasteiger partial charge >= 0.3 is 0 Å². The maximum Gasteiger partial charge on any atom is 0.160 e. The van der Waals surface area contributed by atoms with Crippen molar-refractivity contribution < 1.29 is 0 Å². The van der Waals surface area contributed by atoms with Gasteiger partial charge < -0.3 is 0 Å². The number of nitrogens with zero attached hydrogens (tertiary/aromatic N) is 2. The summed E-state index contributed by atoms with van der Waals surface area (Å²) in [5, 5.41) is 5.40.